The van der Waals surface area contributed by atoms with Crippen LogP contribution in [0.4, 0.5) is 0 Å². The third kappa shape index (κ3) is 3.30. The number of benzene rings is 1. The molecule has 1 atom stereocenters. The predicted octanol–water partition coefficient (Wildman–Crippen LogP) is 1.58. The van der Waals surface area contributed by atoms with E-state index in [0.717, 1.165) is 17.9 Å². The van der Waals surface area contributed by atoms with Crippen LogP contribution in [0.1, 0.15) is 16.8 Å². The van der Waals surface area contributed by atoms with Gasteiger partial charge in [-0.15, -0.1) is 0 Å². The molecule has 2 rings (SSSR count). The number of phenols is 2. The monoisotopic (exact) mass is 253 g/mol. The highest BCUT2D eigenvalue weighted by molar-refractivity contribution is 7.99. The number of thioether (sulfide) groups is 1. The summed E-state index contributed by atoms with van der Waals surface area (Å²) in [5, 5.41) is 21.4. The zero-order valence-corrected chi connectivity index (χ0v) is 10.2. The molecule has 4 nitrogen and oxygen atoms in total. The van der Waals surface area contributed by atoms with Crippen LogP contribution in [0.25, 0.3) is 0 Å². The number of nitrogens with one attached hydrogen (secondary N) is 1. The smallest absolute Gasteiger partial charge is 0.251 e. The number of hydrogen-bond donors (Lipinski definition) is 3. The Morgan fingerprint density at radius 1 is 1.35 bits per heavy atom. The molecule has 1 unspecified atom stereocenters. The summed E-state index contributed by atoms with van der Waals surface area (Å²) in [6.45, 7) is 0.655. The van der Waals surface area contributed by atoms with Gasteiger partial charge >= 0.3 is 0 Å². The summed E-state index contributed by atoms with van der Waals surface area (Å²) in [4.78, 5) is 11.8. The van der Waals surface area contributed by atoms with Crippen molar-refractivity contribution < 1.29 is 15.0 Å². The largest absolute Gasteiger partial charge is 0.508 e. The molecule has 5 heteroatoms. The Hall–Kier alpha value is -1.36. The highest BCUT2D eigenvalue weighted by Gasteiger charge is 2.17. The van der Waals surface area contributed by atoms with Gasteiger partial charge in [0.15, 0.2) is 0 Å². The maximum Gasteiger partial charge on any atom is 0.251 e. The second kappa shape index (κ2) is 5.31. The number of phenolic OH excluding ortho intramolecular Hbond substituents is 2. The molecule has 92 valence electrons. The van der Waals surface area contributed by atoms with E-state index in [1.165, 1.54) is 18.2 Å². The molecule has 1 amide bonds. The van der Waals surface area contributed by atoms with Gasteiger partial charge in [0.05, 0.1) is 0 Å². The molecule has 1 heterocycles. The van der Waals surface area contributed by atoms with Gasteiger partial charge in [-0.2, -0.15) is 11.8 Å². The number of rotatable bonds is 3. The Morgan fingerprint density at radius 2 is 2.06 bits per heavy atom. The quantitative estimate of drug-likeness (QED) is 0.765. The first kappa shape index (κ1) is 12.1. The number of carbonyl (C=O) groups is 1. The average Bonchev–Trinajstić information content (AvgIpc) is 2.77. The summed E-state index contributed by atoms with van der Waals surface area (Å²) in [5.41, 5.74) is 0.285. The Kier molecular flexibility index (Phi) is 3.78. The van der Waals surface area contributed by atoms with Crippen LogP contribution in [0.15, 0.2) is 18.2 Å². The highest BCUT2D eigenvalue weighted by atomic mass is 32.2. The van der Waals surface area contributed by atoms with Gasteiger partial charge in [0.25, 0.3) is 5.91 Å². The standard InChI is InChI=1S/C12H15NO3S/c14-10-3-9(4-11(15)5-10)12(16)13-6-8-1-2-17-7-8/h3-5,8,14-15H,1-2,6-7H2,(H,13,16). The Morgan fingerprint density at radius 3 is 2.65 bits per heavy atom. The maximum atomic E-state index is 11.8. The molecule has 1 aliphatic rings. The van der Waals surface area contributed by atoms with E-state index in [-0.39, 0.29) is 23.0 Å². The lowest BCUT2D eigenvalue weighted by molar-refractivity contribution is 0.0947. The van der Waals surface area contributed by atoms with Crippen molar-refractivity contribution in [2.75, 3.05) is 18.1 Å². The molecule has 0 spiro atoms. The minimum absolute atomic E-state index is 0.105. The molecule has 1 fully saturated rings. The SMILES string of the molecule is O=C(NCC1CCSC1)c1cc(O)cc(O)c1. The minimum Gasteiger partial charge on any atom is -0.508 e. The molecule has 1 aromatic rings. The van der Waals surface area contributed by atoms with Crippen LogP contribution in [0, 0.1) is 5.92 Å². The fourth-order valence-corrected chi connectivity index (χ4v) is 3.09. The molecule has 3 N–H and O–H groups in total. The normalized spacial score (nSPS) is 19.2. The van der Waals surface area contributed by atoms with Gasteiger partial charge in [0.1, 0.15) is 11.5 Å². The van der Waals surface area contributed by atoms with Gasteiger partial charge in [-0.1, -0.05) is 0 Å². The third-order valence-electron chi connectivity index (χ3n) is 2.74. The number of amides is 1. The zero-order valence-electron chi connectivity index (χ0n) is 9.35. The predicted molar refractivity (Wildman–Crippen MR) is 67.5 cm³/mol. The summed E-state index contributed by atoms with van der Waals surface area (Å²) in [6.07, 6.45) is 1.14. The van der Waals surface area contributed by atoms with Gasteiger partial charge in [-0.3, -0.25) is 4.79 Å². The Bertz CT molecular complexity index is 396. The second-order valence-electron chi connectivity index (χ2n) is 4.18. The number of carbonyl (C=O) groups excluding carboxylic acids is 1. The van der Waals surface area contributed by atoms with Crippen molar-refractivity contribution in [2.24, 2.45) is 5.92 Å². The first-order valence-corrected chi connectivity index (χ1v) is 6.69. The fraction of sp³-hybridized carbons (Fsp3) is 0.417. The van der Waals surface area contributed by atoms with Gasteiger partial charge in [-0.25, -0.2) is 0 Å². The van der Waals surface area contributed by atoms with E-state index in [2.05, 4.69) is 5.32 Å². The highest BCUT2D eigenvalue weighted by Crippen LogP contribution is 2.23. The molecule has 0 aliphatic carbocycles. The second-order valence-corrected chi connectivity index (χ2v) is 5.33. The molecule has 1 saturated heterocycles. The van der Waals surface area contributed by atoms with Crippen LogP contribution in [0.5, 0.6) is 11.5 Å². The Labute approximate surface area is 104 Å². The van der Waals surface area contributed by atoms with Crippen molar-refractivity contribution >= 4 is 17.7 Å². The topological polar surface area (TPSA) is 69.6 Å². The van der Waals surface area contributed by atoms with E-state index in [4.69, 9.17) is 0 Å². The molecule has 0 radical (unpaired) electrons. The first-order chi connectivity index (χ1) is 8.15. The van der Waals surface area contributed by atoms with Crippen molar-refractivity contribution in [3.05, 3.63) is 23.8 Å². The molecule has 1 aliphatic heterocycles. The lowest BCUT2D eigenvalue weighted by Gasteiger charge is -2.10. The lowest BCUT2D eigenvalue weighted by Crippen LogP contribution is -2.29. The zero-order chi connectivity index (χ0) is 12.3. The van der Waals surface area contributed by atoms with E-state index in [0.29, 0.717) is 12.5 Å². The van der Waals surface area contributed by atoms with Crippen molar-refractivity contribution in [1.82, 2.24) is 5.32 Å². The Balaban J connectivity index is 1.94. The molecule has 0 bridgehead atoms. The van der Waals surface area contributed by atoms with E-state index >= 15 is 0 Å². The van der Waals surface area contributed by atoms with Crippen molar-refractivity contribution in [1.29, 1.82) is 0 Å². The summed E-state index contributed by atoms with van der Waals surface area (Å²) < 4.78 is 0. The van der Waals surface area contributed by atoms with E-state index in [1.54, 1.807) is 0 Å². The molecular weight excluding hydrogens is 238 g/mol. The summed E-state index contributed by atoms with van der Waals surface area (Å²) >= 11 is 1.90. The van der Waals surface area contributed by atoms with Crippen LogP contribution >= 0.6 is 11.8 Å². The van der Waals surface area contributed by atoms with Gasteiger partial charge in [-0.05, 0) is 36.0 Å². The van der Waals surface area contributed by atoms with Crippen LogP contribution < -0.4 is 5.32 Å². The molecular formula is C12H15NO3S. The van der Waals surface area contributed by atoms with E-state index in [9.17, 15) is 15.0 Å². The maximum absolute atomic E-state index is 11.8. The summed E-state index contributed by atoms with van der Waals surface area (Å²) in [6, 6.07) is 3.89. The minimum atomic E-state index is -0.256. The van der Waals surface area contributed by atoms with Gasteiger partial charge < -0.3 is 15.5 Å². The molecule has 0 aromatic heterocycles. The average molecular weight is 253 g/mol. The fourth-order valence-electron chi connectivity index (χ4n) is 1.81. The molecule has 0 saturated carbocycles. The van der Waals surface area contributed by atoms with Crippen molar-refractivity contribution in [3.8, 4) is 11.5 Å². The van der Waals surface area contributed by atoms with Gasteiger partial charge in [0, 0.05) is 18.2 Å². The van der Waals surface area contributed by atoms with Crippen LogP contribution in [0.2, 0.25) is 0 Å². The first-order valence-electron chi connectivity index (χ1n) is 5.54. The number of hydrogen-bond acceptors (Lipinski definition) is 4. The van der Waals surface area contributed by atoms with Crippen LogP contribution in [-0.4, -0.2) is 34.2 Å². The van der Waals surface area contributed by atoms with Crippen molar-refractivity contribution in [3.63, 3.8) is 0 Å². The summed E-state index contributed by atoms with van der Waals surface area (Å²) in [7, 11) is 0. The van der Waals surface area contributed by atoms with Crippen molar-refractivity contribution in [2.45, 2.75) is 6.42 Å². The third-order valence-corrected chi connectivity index (χ3v) is 3.97. The van der Waals surface area contributed by atoms with Crippen LogP contribution in [0.3, 0.4) is 0 Å². The number of aromatic hydroxyl groups is 2. The van der Waals surface area contributed by atoms with Gasteiger partial charge in [0.2, 0.25) is 0 Å². The lowest BCUT2D eigenvalue weighted by atomic mass is 10.1. The van der Waals surface area contributed by atoms with E-state index in [1.807, 2.05) is 11.8 Å². The summed E-state index contributed by atoms with van der Waals surface area (Å²) in [5.74, 6) is 2.32. The van der Waals surface area contributed by atoms with Crippen LogP contribution in [-0.2, 0) is 0 Å². The molecule has 17 heavy (non-hydrogen) atoms. The van der Waals surface area contributed by atoms with E-state index < -0.39 is 0 Å². The molecule has 1 aromatic carbocycles.